The third kappa shape index (κ3) is 6.58. The average molecular weight is 174 g/mol. The third-order valence-electron chi connectivity index (χ3n) is 1.88. The summed E-state index contributed by atoms with van der Waals surface area (Å²) < 4.78 is 0. The Hall–Kier alpha value is -0.120. The van der Waals surface area contributed by atoms with Gasteiger partial charge in [-0.3, -0.25) is 0 Å². The lowest BCUT2D eigenvalue weighted by atomic mass is 10.4. The fourth-order valence-corrected chi connectivity index (χ4v) is 1.19. The van der Waals surface area contributed by atoms with Crippen LogP contribution in [0.3, 0.4) is 0 Å². The molecule has 0 amide bonds. The van der Waals surface area contributed by atoms with Crippen LogP contribution < -0.4 is 5.32 Å². The number of aliphatic hydroxyl groups is 1. The summed E-state index contributed by atoms with van der Waals surface area (Å²) in [6.45, 7) is 9.69. The topological polar surface area (TPSA) is 35.5 Å². The van der Waals surface area contributed by atoms with Gasteiger partial charge in [0.25, 0.3) is 0 Å². The molecule has 0 bridgehead atoms. The molecule has 0 radical (unpaired) electrons. The molecule has 0 spiro atoms. The standard InChI is InChI=1S/C9H22N2O/c1-3-7-11(4-2)8-5-10-6-9-12/h10,12H,3-9H2,1-2H3. The zero-order valence-electron chi connectivity index (χ0n) is 8.34. The van der Waals surface area contributed by atoms with E-state index in [0.717, 1.165) is 19.6 Å². The first-order valence-electron chi connectivity index (χ1n) is 4.89. The molecule has 0 rings (SSSR count). The minimum absolute atomic E-state index is 0.236. The fourth-order valence-electron chi connectivity index (χ4n) is 1.19. The van der Waals surface area contributed by atoms with Gasteiger partial charge in [-0.15, -0.1) is 0 Å². The lowest BCUT2D eigenvalue weighted by Crippen LogP contribution is -2.33. The quantitative estimate of drug-likeness (QED) is 0.520. The number of hydrogen-bond donors (Lipinski definition) is 2. The van der Waals surface area contributed by atoms with Crippen molar-refractivity contribution in [1.29, 1.82) is 0 Å². The molecule has 0 aliphatic carbocycles. The van der Waals surface area contributed by atoms with Crippen molar-refractivity contribution in [2.24, 2.45) is 0 Å². The fraction of sp³-hybridized carbons (Fsp3) is 1.00. The van der Waals surface area contributed by atoms with E-state index in [1.807, 2.05) is 0 Å². The largest absolute Gasteiger partial charge is 0.395 e. The van der Waals surface area contributed by atoms with Crippen LogP contribution in [0.5, 0.6) is 0 Å². The van der Waals surface area contributed by atoms with Gasteiger partial charge in [-0.2, -0.15) is 0 Å². The van der Waals surface area contributed by atoms with Gasteiger partial charge in [-0.25, -0.2) is 0 Å². The van der Waals surface area contributed by atoms with Crippen LogP contribution in [-0.2, 0) is 0 Å². The van der Waals surface area contributed by atoms with Crippen LogP contribution in [0.4, 0.5) is 0 Å². The molecule has 0 aliphatic rings. The first-order valence-corrected chi connectivity index (χ1v) is 4.89. The van der Waals surface area contributed by atoms with Gasteiger partial charge in [-0.1, -0.05) is 13.8 Å². The molecule has 12 heavy (non-hydrogen) atoms. The Morgan fingerprint density at radius 3 is 2.42 bits per heavy atom. The Morgan fingerprint density at radius 2 is 1.92 bits per heavy atom. The number of likely N-dealkylation sites (N-methyl/N-ethyl adjacent to an activating group) is 1. The molecule has 74 valence electrons. The van der Waals surface area contributed by atoms with Crippen LogP contribution in [0.1, 0.15) is 20.3 Å². The molecule has 3 heteroatoms. The zero-order chi connectivity index (χ0) is 9.23. The summed E-state index contributed by atoms with van der Waals surface area (Å²) in [6, 6.07) is 0. The van der Waals surface area contributed by atoms with Crippen molar-refractivity contribution in [3.63, 3.8) is 0 Å². The van der Waals surface area contributed by atoms with E-state index in [1.165, 1.54) is 13.0 Å². The van der Waals surface area contributed by atoms with E-state index < -0.39 is 0 Å². The van der Waals surface area contributed by atoms with Gasteiger partial charge in [0.15, 0.2) is 0 Å². The van der Waals surface area contributed by atoms with Gasteiger partial charge < -0.3 is 15.3 Å². The SMILES string of the molecule is CCCN(CC)CCNCCO. The predicted octanol–water partition coefficient (Wildman–Crippen LogP) is 0.300. The molecule has 0 aromatic heterocycles. The Balaban J connectivity index is 3.19. The molecule has 0 heterocycles. The number of nitrogens with one attached hydrogen (secondary N) is 1. The molecular formula is C9H22N2O. The zero-order valence-corrected chi connectivity index (χ0v) is 8.34. The molecule has 0 unspecified atom stereocenters. The lowest BCUT2D eigenvalue weighted by molar-refractivity contribution is 0.268. The summed E-state index contributed by atoms with van der Waals surface area (Å²) in [4.78, 5) is 2.41. The van der Waals surface area contributed by atoms with Crippen LogP contribution in [-0.4, -0.2) is 49.3 Å². The van der Waals surface area contributed by atoms with E-state index in [1.54, 1.807) is 0 Å². The van der Waals surface area contributed by atoms with Crippen molar-refractivity contribution >= 4 is 0 Å². The van der Waals surface area contributed by atoms with Gasteiger partial charge in [0.1, 0.15) is 0 Å². The Kier molecular flexibility index (Phi) is 8.88. The van der Waals surface area contributed by atoms with E-state index in [9.17, 15) is 0 Å². The molecule has 2 N–H and O–H groups in total. The minimum atomic E-state index is 0.236. The molecule has 0 aromatic rings. The molecule has 0 aliphatic heterocycles. The highest BCUT2D eigenvalue weighted by Crippen LogP contribution is 1.88. The third-order valence-corrected chi connectivity index (χ3v) is 1.88. The summed E-state index contributed by atoms with van der Waals surface area (Å²) in [5, 5.41) is 11.7. The highest BCUT2D eigenvalue weighted by molar-refractivity contribution is 4.56. The Bertz CT molecular complexity index is 88.6. The van der Waals surface area contributed by atoms with E-state index >= 15 is 0 Å². The Morgan fingerprint density at radius 1 is 1.17 bits per heavy atom. The van der Waals surface area contributed by atoms with Gasteiger partial charge in [0.05, 0.1) is 6.61 Å². The summed E-state index contributed by atoms with van der Waals surface area (Å²) in [7, 11) is 0. The lowest BCUT2D eigenvalue weighted by Gasteiger charge is -2.19. The second-order valence-electron chi connectivity index (χ2n) is 2.91. The smallest absolute Gasteiger partial charge is 0.0555 e. The maximum atomic E-state index is 8.52. The van der Waals surface area contributed by atoms with Crippen molar-refractivity contribution in [2.45, 2.75) is 20.3 Å². The van der Waals surface area contributed by atoms with Crippen molar-refractivity contribution in [3.8, 4) is 0 Å². The Labute approximate surface area is 75.8 Å². The molecule has 0 saturated heterocycles. The number of hydrogen-bond acceptors (Lipinski definition) is 3. The van der Waals surface area contributed by atoms with Gasteiger partial charge in [-0.05, 0) is 19.5 Å². The summed E-state index contributed by atoms with van der Waals surface area (Å²) >= 11 is 0. The first kappa shape index (κ1) is 11.9. The monoisotopic (exact) mass is 174 g/mol. The average Bonchev–Trinajstić information content (AvgIpc) is 2.10. The molecule has 0 fully saturated rings. The van der Waals surface area contributed by atoms with Crippen LogP contribution in [0.2, 0.25) is 0 Å². The molecule has 0 saturated carbocycles. The number of aliphatic hydroxyl groups excluding tert-OH is 1. The van der Waals surface area contributed by atoms with E-state index in [4.69, 9.17) is 5.11 Å². The highest BCUT2D eigenvalue weighted by atomic mass is 16.3. The van der Waals surface area contributed by atoms with Crippen molar-refractivity contribution < 1.29 is 5.11 Å². The second kappa shape index (κ2) is 8.97. The van der Waals surface area contributed by atoms with Crippen LogP contribution in [0.15, 0.2) is 0 Å². The highest BCUT2D eigenvalue weighted by Gasteiger charge is 1.98. The van der Waals surface area contributed by atoms with Crippen molar-refractivity contribution in [1.82, 2.24) is 10.2 Å². The first-order chi connectivity index (χ1) is 5.85. The number of rotatable bonds is 8. The molecule has 0 atom stereocenters. The summed E-state index contributed by atoms with van der Waals surface area (Å²) in [5.41, 5.74) is 0. The van der Waals surface area contributed by atoms with Crippen LogP contribution in [0, 0.1) is 0 Å². The van der Waals surface area contributed by atoms with Crippen molar-refractivity contribution in [2.75, 3.05) is 39.3 Å². The molecule has 0 aromatic carbocycles. The van der Waals surface area contributed by atoms with Crippen LogP contribution >= 0.6 is 0 Å². The normalized spacial score (nSPS) is 11.0. The van der Waals surface area contributed by atoms with Crippen LogP contribution in [0.25, 0.3) is 0 Å². The van der Waals surface area contributed by atoms with E-state index in [2.05, 4.69) is 24.1 Å². The van der Waals surface area contributed by atoms with Gasteiger partial charge in [0.2, 0.25) is 0 Å². The second-order valence-corrected chi connectivity index (χ2v) is 2.91. The summed E-state index contributed by atoms with van der Waals surface area (Å²) in [6.07, 6.45) is 1.22. The summed E-state index contributed by atoms with van der Waals surface area (Å²) in [5.74, 6) is 0. The van der Waals surface area contributed by atoms with Gasteiger partial charge in [0, 0.05) is 19.6 Å². The van der Waals surface area contributed by atoms with Crippen molar-refractivity contribution in [3.05, 3.63) is 0 Å². The maximum Gasteiger partial charge on any atom is 0.0555 e. The van der Waals surface area contributed by atoms with E-state index in [0.29, 0.717) is 6.54 Å². The molecular weight excluding hydrogens is 152 g/mol. The minimum Gasteiger partial charge on any atom is -0.395 e. The van der Waals surface area contributed by atoms with E-state index in [-0.39, 0.29) is 6.61 Å². The van der Waals surface area contributed by atoms with Gasteiger partial charge >= 0.3 is 0 Å². The maximum absolute atomic E-state index is 8.52. The number of nitrogens with zero attached hydrogens (tertiary/aromatic N) is 1. The molecule has 3 nitrogen and oxygen atoms in total. The predicted molar refractivity (Wildman–Crippen MR) is 52.4 cm³/mol.